The predicted molar refractivity (Wildman–Crippen MR) is 98.6 cm³/mol. The van der Waals surface area contributed by atoms with Crippen molar-refractivity contribution in [2.45, 2.75) is 12.8 Å². The van der Waals surface area contributed by atoms with Gasteiger partial charge in [0.25, 0.3) is 5.69 Å². The first-order chi connectivity index (χ1) is 11.6. The third-order valence-corrected chi connectivity index (χ3v) is 3.82. The van der Waals surface area contributed by atoms with E-state index in [4.69, 9.17) is 0 Å². The lowest BCUT2D eigenvalue weighted by Gasteiger charge is -2.06. The summed E-state index contributed by atoms with van der Waals surface area (Å²) in [4.78, 5) is 26.8. The molecule has 1 heterocycles. The minimum atomic E-state index is -0.448. The number of halogens is 1. The molecule has 0 saturated heterocycles. The molecular weight excluding hydrogens is 342 g/mol. The van der Waals surface area contributed by atoms with Gasteiger partial charge < -0.3 is 5.32 Å². The molecular formula is C18H18ClN3O3. The molecule has 1 aliphatic rings. The van der Waals surface area contributed by atoms with Gasteiger partial charge in [-0.05, 0) is 17.2 Å². The molecule has 0 fully saturated rings. The highest BCUT2D eigenvalue weighted by molar-refractivity contribution is 6.00. The van der Waals surface area contributed by atoms with Crippen molar-refractivity contribution >= 4 is 29.7 Å². The Morgan fingerprint density at radius 2 is 1.84 bits per heavy atom. The van der Waals surface area contributed by atoms with Gasteiger partial charge in [-0.25, -0.2) is 0 Å². The van der Waals surface area contributed by atoms with E-state index >= 15 is 0 Å². The quantitative estimate of drug-likeness (QED) is 0.634. The fourth-order valence-electron chi connectivity index (χ4n) is 2.67. The van der Waals surface area contributed by atoms with Crippen molar-refractivity contribution in [1.29, 1.82) is 0 Å². The Balaban J connectivity index is 0.00000225. The Bertz CT molecular complexity index is 803. The van der Waals surface area contributed by atoms with Crippen LogP contribution in [0, 0.1) is 10.1 Å². The van der Waals surface area contributed by atoms with Crippen LogP contribution in [0.15, 0.2) is 53.5 Å². The van der Waals surface area contributed by atoms with Crippen LogP contribution < -0.4 is 5.32 Å². The SMILES string of the molecule is Cl.O=C(Cc1ccc([N+](=O)[O-])cc1)Cc1cccc(C2=NCCN2)c1. The number of amidine groups is 1. The lowest BCUT2D eigenvalue weighted by molar-refractivity contribution is -0.384. The molecule has 130 valence electrons. The fourth-order valence-corrected chi connectivity index (χ4v) is 2.67. The molecule has 1 N–H and O–H groups in total. The lowest BCUT2D eigenvalue weighted by atomic mass is 10.0. The van der Waals surface area contributed by atoms with Gasteiger partial charge in [0.2, 0.25) is 0 Å². The Labute approximate surface area is 151 Å². The number of benzene rings is 2. The molecule has 0 amide bonds. The first-order valence-corrected chi connectivity index (χ1v) is 7.74. The number of carbonyl (C=O) groups excluding carboxylic acids is 1. The van der Waals surface area contributed by atoms with Crippen LogP contribution in [-0.2, 0) is 17.6 Å². The third kappa shape index (κ3) is 4.87. The molecule has 0 spiro atoms. The summed E-state index contributed by atoms with van der Waals surface area (Å²) in [6, 6.07) is 13.9. The van der Waals surface area contributed by atoms with E-state index in [-0.39, 0.29) is 30.3 Å². The van der Waals surface area contributed by atoms with Crippen molar-refractivity contribution in [3.8, 4) is 0 Å². The van der Waals surface area contributed by atoms with E-state index in [0.29, 0.717) is 6.42 Å². The summed E-state index contributed by atoms with van der Waals surface area (Å²) in [7, 11) is 0. The van der Waals surface area contributed by atoms with Crippen LogP contribution in [0.2, 0.25) is 0 Å². The van der Waals surface area contributed by atoms with E-state index in [9.17, 15) is 14.9 Å². The Morgan fingerprint density at radius 1 is 1.12 bits per heavy atom. The molecule has 0 unspecified atom stereocenters. The van der Waals surface area contributed by atoms with Crippen LogP contribution in [0.4, 0.5) is 5.69 Å². The number of ketones is 1. The van der Waals surface area contributed by atoms with E-state index in [2.05, 4.69) is 10.3 Å². The average Bonchev–Trinajstić information content (AvgIpc) is 3.10. The third-order valence-electron chi connectivity index (χ3n) is 3.82. The van der Waals surface area contributed by atoms with Crippen molar-refractivity contribution in [3.63, 3.8) is 0 Å². The second-order valence-corrected chi connectivity index (χ2v) is 5.67. The monoisotopic (exact) mass is 359 g/mol. The number of nitro groups is 1. The zero-order chi connectivity index (χ0) is 16.9. The van der Waals surface area contributed by atoms with E-state index in [1.165, 1.54) is 12.1 Å². The Kier molecular flexibility index (Phi) is 6.25. The highest BCUT2D eigenvalue weighted by Crippen LogP contribution is 2.14. The van der Waals surface area contributed by atoms with Gasteiger partial charge in [-0.1, -0.05) is 30.3 Å². The molecule has 3 rings (SSSR count). The molecule has 0 bridgehead atoms. The maximum atomic E-state index is 12.3. The number of aliphatic imine (C=N–C) groups is 1. The molecule has 0 saturated carbocycles. The summed E-state index contributed by atoms with van der Waals surface area (Å²) in [6.07, 6.45) is 0.597. The second-order valence-electron chi connectivity index (χ2n) is 5.67. The lowest BCUT2D eigenvalue weighted by Crippen LogP contribution is -2.19. The fraction of sp³-hybridized carbons (Fsp3) is 0.222. The van der Waals surface area contributed by atoms with Crippen molar-refractivity contribution < 1.29 is 9.72 Å². The number of Topliss-reactive ketones (excluding diaryl/α,β-unsaturated/α-hetero) is 1. The van der Waals surface area contributed by atoms with Gasteiger partial charge in [0.05, 0.1) is 11.5 Å². The maximum Gasteiger partial charge on any atom is 0.269 e. The normalized spacial score (nSPS) is 12.7. The summed E-state index contributed by atoms with van der Waals surface area (Å²) in [6.45, 7) is 1.62. The molecule has 0 radical (unpaired) electrons. The summed E-state index contributed by atoms with van der Waals surface area (Å²) >= 11 is 0. The number of rotatable bonds is 6. The number of hydrogen-bond donors (Lipinski definition) is 1. The van der Waals surface area contributed by atoms with Gasteiger partial charge in [0.15, 0.2) is 0 Å². The van der Waals surface area contributed by atoms with Gasteiger partial charge in [0, 0.05) is 37.1 Å². The van der Waals surface area contributed by atoms with Crippen LogP contribution in [0.3, 0.4) is 0 Å². The van der Waals surface area contributed by atoms with E-state index < -0.39 is 4.92 Å². The number of nitrogens with zero attached hydrogens (tertiary/aromatic N) is 2. The van der Waals surface area contributed by atoms with Crippen LogP contribution in [0.25, 0.3) is 0 Å². The highest BCUT2D eigenvalue weighted by atomic mass is 35.5. The average molecular weight is 360 g/mol. The molecule has 0 aromatic heterocycles. The molecule has 1 aliphatic heterocycles. The van der Waals surface area contributed by atoms with Crippen molar-refractivity contribution in [1.82, 2.24) is 5.32 Å². The van der Waals surface area contributed by atoms with Crippen LogP contribution in [0.5, 0.6) is 0 Å². The van der Waals surface area contributed by atoms with Gasteiger partial charge in [0.1, 0.15) is 11.6 Å². The zero-order valence-corrected chi connectivity index (χ0v) is 14.3. The molecule has 0 aliphatic carbocycles. The Morgan fingerprint density at radius 3 is 2.48 bits per heavy atom. The van der Waals surface area contributed by atoms with Crippen LogP contribution >= 0.6 is 12.4 Å². The number of nitrogens with one attached hydrogen (secondary N) is 1. The molecule has 2 aromatic rings. The number of hydrogen-bond acceptors (Lipinski definition) is 5. The Hall–Kier alpha value is -2.73. The second kappa shape index (κ2) is 8.39. The largest absolute Gasteiger partial charge is 0.368 e. The van der Waals surface area contributed by atoms with E-state index in [1.54, 1.807) is 12.1 Å². The van der Waals surface area contributed by atoms with Crippen LogP contribution in [-0.4, -0.2) is 29.6 Å². The number of nitro benzene ring substituents is 1. The smallest absolute Gasteiger partial charge is 0.269 e. The minimum absolute atomic E-state index is 0. The number of carbonyl (C=O) groups is 1. The van der Waals surface area contributed by atoms with Crippen molar-refractivity contribution in [2.24, 2.45) is 4.99 Å². The van der Waals surface area contributed by atoms with Gasteiger partial charge in [-0.15, -0.1) is 12.4 Å². The van der Waals surface area contributed by atoms with Gasteiger partial charge in [-0.3, -0.25) is 19.9 Å². The van der Waals surface area contributed by atoms with Crippen LogP contribution in [0.1, 0.15) is 16.7 Å². The first-order valence-electron chi connectivity index (χ1n) is 7.74. The summed E-state index contributed by atoms with van der Waals surface area (Å²) < 4.78 is 0. The number of non-ortho nitro benzene ring substituents is 1. The van der Waals surface area contributed by atoms with Gasteiger partial charge >= 0.3 is 0 Å². The summed E-state index contributed by atoms with van der Waals surface area (Å²) in [5.74, 6) is 0.946. The summed E-state index contributed by atoms with van der Waals surface area (Å²) in [5.41, 5.74) is 2.75. The van der Waals surface area contributed by atoms with Gasteiger partial charge in [-0.2, -0.15) is 0 Å². The minimum Gasteiger partial charge on any atom is -0.368 e. The predicted octanol–water partition coefficient (Wildman–Crippen LogP) is 2.72. The van der Waals surface area contributed by atoms with Crippen molar-refractivity contribution in [3.05, 3.63) is 75.3 Å². The molecule has 2 aromatic carbocycles. The topological polar surface area (TPSA) is 84.6 Å². The molecule has 6 nitrogen and oxygen atoms in total. The maximum absolute atomic E-state index is 12.3. The highest BCUT2D eigenvalue weighted by Gasteiger charge is 2.11. The molecule has 25 heavy (non-hydrogen) atoms. The summed E-state index contributed by atoms with van der Waals surface area (Å²) in [5, 5.41) is 13.9. The van der Waals surface area contributed by atoms with E-state index in [0.717, 1.165) is 35.6 Å². The van der Waals surface area contributed by atoms with Crippen molar-refractivity contribution in [2.75, 3.05) is 13.1 Å². The molecule has 0 atom stereocenters. The molecule has 7 heteroatoms. The van der Waals surface area contributed by atoms with E-state index in [1.807, 2.05) is 24.3 Å². The zero-order valence-electron chi connectivity index (χ0n) is 13.5. The standard InChI is InChI=1S/C18H17N3O3.ClH/c22-17(11-13-4-6-16(7-5-13)21(23)24)12-14-2-1-3-15(10-14)18-19-8-9-20-18;/h1-7,10H,8-9,11-12H2,(H,19,20);1H. The first kappa shape index (κ1) is 18.6.